The number of hydrogen-bond donors (Lipinski definition) is 1. The Kier molecular flexibility index (Phi) is 7.23. The molecule has 0 bridgehead atoms. The summed E-state index contributed by atoms with van der Waals surface area (Å²) in [6, 6.07) is 7.58. The van der Waals surface area contributed by atoms with Crippen molar-refractivity contribution in [2.24, 2.45) is 5.92 Å². The van der Waals surface area contributed by atoms with Gasteiger partial charge < -0.3 is 10.2 Å². The molecule has 0 saturated carbocycles. The molecule has 1 aromatic heterocycles. The summed E-state index contributed by atoms with van der Waals surface area (Å²) in [6.07, 6.45) is 1.48. The zero-order valence-corrected chi connectivity index (χ0v) is 17.1. The van der Waals surface area contributed by atoms with Gasteiger partial charge in [0.1, 0.15) is 0 Å². The third kappa shape index (κ3) is 5.08. The number of amides is 1. The SMILES string of the molecule is CCc1c(C(=O)NCCN(C)C)c(CC(C)C)nn1-c1cccc(Cl)c1. The van der Waals surface area contributed by atoms with Gasteiger partial charge in [0.15, 0.2) is 0 Å². The summed E-state index contributed by atoms with van der Waals surface area (Å²) in [5, 5.41) is 8.47. The van der Waals surface area contributed by atoms with Gasteiger partial charge in [-0.1, -0.05) is 38.4 Å². The van der Waals surface area contributed by atoms with Crippen molar-refractivity contribution in [3.05, 3.63) is 46.2 Å². The molecule has 1 amide bonds. The number of rotatable bonds is 8. The van der Waals surface area contributed by atoms with E-state index in [1.54, 1.807) is 0 Å². The molecule has 0 unspecified atom stereocenters. The number of likely N-dealkylation sites (N-methyl/N-ethyl adjacent to an activating group) is 1. The van der Waals surface area contributed by atoms with Crippen LogP contribution in [0.1, 0.15) is 42.5 Å². The van der Waals surface area contributed by atoms with Crippen LogP contribution in [-0.4, -0.2) is 47.8 Å². The van der Waals surface area contributed by atoms with Crippen LogP contribution in [0.25, 0.3) is 5.69 Å². The summed E-state index contributed by atoms with van der Waals surface area (Å²) in [5.74, 6) is 0.364. The molecule has 1 heterocycles. The van der Waals surface area contributed by atoms with Gasteiger partial charge in [-0.3, -0.25) is 4.79 Å². The van der Waals surface area contributed by atoms with Gasteiger partial charge in [0.05, 0.1) is 22.6 Å². The first-order valence-electron chi connectivity index (χ1n) is 9.13. The molecule has 0 saturated heterocycles. The van der Waals surface area contributed by atoms with Gasteiger partial charge in [0.2, 0.25) is 0 Å². The van der Waals surface area contributed by atoms with Gasteiger partial charge in [-0.2, -0.15) is 5.10 Å². The molecule has 1 N–H and O–H groups in total. The highest BCUT2D eigenvalue weighted by molar-refractivity contribution is 6.30. The predicted molar refractivity (Wildman–Crippen MR) is 107 cm³/mol. The van der Waals surface area contributed by atoms with Gasteiger partial charge in [0, 0.05) is 18.1 Å². The Bertz CT molecular complexity index is 752. The number of benzene rings is 1. The normalized spacial score (nSPS) is 11.4. The number of nitrogens with one attached hydrogen (secondary N) is 1. The topological polar surface area (TPSA) is 50.2 Å². The molecular formula is C20H29ClN4O. The van der Waals surface area contributed by atoms with Crippen molar-refractivity contribution in [2.45, 2.75) is 33.6 Å². The highest BCUT2D eigenvalue weighted by atomic mass is 35.5. The second kappa shape index (κ2) is 9.19. The van der Waals surface area contributed by atoms with Crippen LogP contribution >= 0.6 is 11.6 Å². The molecule has 0 atom stereocenters. The number of aromatic nitrogens is 2. The lowest BCUT2D eigenvalue weighted by Crippen LogP contribution is -2.32. The lowest BCUT2D eigenvalue weighted by molar-refractivity contribution is 0.0949. The first-order chi connectivity index (χ1) is 12.3. The van der Waals surface area contributed by atoms with Crippen LogP contribution in [-0.2, 0) is 12.8 Å². The van der Waals surface area contributed by atoms with Crippen molar-refractivity contribution in [1.82, 2.24) is 20.0 Å². The minimum absolute atomic E-state index is 0.0485. The molecule has 26 heavy (non-hydrogen) atoms. The quantitative estimate of drug-likeness (QED) is 0.766. The molecule has 0 aliphatic heterocycles. The number of carbonyl (C=O) groups excluding carboxylic acids is 1. The van der Waals surface area contributed by atoms with Crippen molar-refractivity contribution in [1.29, 1.82) is 0 Å². The predicted octanol–water partition coefficient (Wildman–Crippen LogP) is 3.58. The Labute approximate surface area is 161 Å². The third-order valence-electron chi connectivity index (χ3n) is 4.11. The fraction of sp³-hybridized carbons (Fsp3) is 0.500. The van der Waals surface area contributed by atoms with E-state index >= 15 is 0 Å². The molecule has 0 aliphatic rings. The summed E-state index contributed by atoms with van der Waals surface area (Å²) in [4.78, 5) is 15.0. The van der Waals surface area contributed by atoms with E-state index in [0.29, 0.717) is 29.5 Å². The van der Waals surface area contributed by atoms with Crippen LogP contribution in [0.2, 0.25) is 5.02 Å². The maximum absolute atomic E-state index is 12.9. The zero-order chi connectivity index (χ0) is 19.3. The molecule has 2 rings (SSSR count). The highest BCUT2D eigenvalue weighted by Gasteiger charge is 2.23. The maximum atomic E-state index is 12.9. The minimum Gasteiger partial charge on any atom is -0.351 e. The summed E-state index contributed by atoms with van der Waals surface area (Å²) in [5.41, 5.74) is 3.36. The van der Waals surface area contributed by atoms with Gasteiger partial charge in [-0.05, 0) is 51.1 Å². The average molecular weight is 377 g/mol. The fourth-order valence-corrected chi connectivity index (χ4v) is 3.11. The van der Waals surface area contributed by atoms with E-state index in [4.69, 9.17) is 16.7 Å². The van der Waals surface area contributed by atoms with Crippen LogP contribution in [0.3, 0.4) is 0 Å². The molecule has 0 radical (unpaired) electrons. The Morgan fingerprint density at radius 1 is 1.35 bits per heavy atom. The number of carbonyl (C=O) groups is 1. The Balaban J connectivity index is 2.45. The van der Waals surface area contributed by atoms with Crippen molar-refractivity contribution in [2.75, 3.05) is 27.2 Å². The number of hydrogen-bond acceptors (Lipinski definition) is 3. The first-order valence-corrected chi connectivity index (χ1v) is 9.50. The molecule has 142 valence electrons. The van der Waals surface area contributed by atoms with Crippen LogP contribution in [0.15, 0.2) is 24.3 Å². The largest absolute Gasteiger partial charge is 0.351 e. The van der Waals surface area contributed by atoms with Gasteiger partial charge >= 0.3 is 0 Å². The van der Waals surface area contributed by atoms with Crippen LogP contribution < -0.4 is 5.32 Å². The smallest absolute Gasteiger partial charge is 0.255 e. The number of nitrogens with zero attached hydrogens (tertiary/aromatic N) is 3. The molecule has 0 aliphatic carbocycles. The van der Waals surface area contributed by atoms with Crippen molar-refractivity contribution in [3.63, 3.8) is 0 Å². The lowest BCUT2D eigenvalue weighted by Gasteiger charge is -2.12. The van der Waals surface area contributed by atoms with Crippen molar-refractivity contribution in [3.8, 4) is 5.69 Å². The molecule has 0 fully saturated rings. The molecule has 1 aromatic carbocycles. The fourth-order valence-electron chi connectivity index (χ4n) is 2.92. The van der Waals surface area contributed by atoms with E-state index < -0.39 is 0 Å². The molecule has 6 heteroatoms. The van der Waals surface area contributed by atoms with Gasteiger partial charge in [-0.15, -0.1) is 0 Å². The third-order valence-corrected chi connectivity index (χ3v) is 4.35. The molecule has 0 spiro atoms. The Morgan fingerprint density at radius 2 is 2.08 bits per heavy atom. The second-order valence-electron chi connectivity index (χ2n) is 7.17. The van der Waals surface area contributed by atoms with Gasteiger partial charge in [0.25, 0.3) is 5.91 Å². The van der Waals surface area contributed by atoms with E-state index in [9.17, 15) is 4.79 Å². The lowest BCUT2D eigenvalue weighted by atomic mass is 10.0. The van der Waals surface area contributed by atoms with E-state index in [0.717, 1.165) is 30.0 Å². The zero-order valence-electron chi connectivity index (χ0n) is 16.3. The second-order valence-corrected chi connectivity index (χ2v) is 7.61. The van der Waals surface area contributed by atoms with Crippen molar-refractivity contribution < 1.29 is 4.79 Å². The summed E-state index contributed by atoms with van der Waals surface area (Å²) >= 11 is 6.16. The molecular weight excluding hydrogens is 348 g/mol. The van der Waals surface area contributed by atoms with E-state index in [2.05, 4.69) is 19.2 Å². The van der Waals surface area contributed by atoms with Crippen LogP contribution in [0, 0.1) is 5.92 Å². The summed E-state index contributed by atoms with van der Waals surface area (Å²) in [7, 11) is 3.98. The van der Waals surface area contributed by atoms with E-state index in [-0.39, 0.29) is 5.91 Å². The minimum atomic E-state index is -0.0485. The Morgan fingerprint density at radius 3 is 2.65 bits per heavy atom. The number of halogens is 1. The van der Waals surface area contributed by atoms with Crippen molar-refractivity contribution >= 4 is 17.5 Å². The Hall–Kier alpha value is -1.85. The standard InChI is InChI=1S/C20H29ClN4O/c1-6-18-19(20(26)22-10-11-24(4)5)17(12-14(2)3)23-25(18)16-9-7-8-15(21)13-16/h7-9,13-14H,6,10-12H2,1-5H3,(H,22,26). The highest BCUT2D eigenvalue weighted by Crippen LogP contribution is 2.23. The van der Waals surface area contributed by atoms with Crippen LogP contribution in [0.4, 0.5) is 0 Å². The monoisotopic (exact) mass is 376 g/mol. The van der Waals surface area contributed by atoms with Gasteiger partial charge in [-0.25, -0.2) is 4.68 Å². The molecule has 5 nitrogen and oxygen atoms in total. The molecule has 2 aromatic rings. The summed E-state index contributed by atoms with van der Waals surface area (Å²) in [6.45, 7) is 7.73. The van der Waals surface area contributed by atoms with E-state index in [1.165, 1.54) is 0 Å². The maximum Gasteiger partial charge on any atom is 0.255 e. The summed E-state index contributed by atoms with van der Waals surface area (Å²) < 4.78 is 1.87. The first kappa shape index (κ1) is 20.5. The average Bonchev–Trinajstić information content (AvgIpc) is 2.92. The van der Waals surface area contributed by atoms with Crippen LogP contribution in [0.5, 0.6) is 0 Å². The van der Waals surface area contributed by atoms with E-state index in [1.807, 2.05) is 54.9 Å².